The monoisotopic (exact) mass is 212 g/mol. The highest BCUT2D eigenvalue weighted by atomic mass is 16.5. The van der Waals surface area contributed by atoms with Crippen LogP contribution in [0.3, 0.4) is 0 Å². The minimum absolute atomic E-state index is 0.540. The van der Waals surface area contributed by atoms with Gasteiger partial charge in [0.2, 0.25) is 0 Å². The molecule has 1 aromatic rings. The molecule has 4 heteroatoms. The Kier molecular flexibility index (Phi) is 3.88. The number of aryl methyl sites for hydroxylation is 1. The number of hydrogen-bond acceptors (Lipinski definition) is 3. The molecule has 0 fully saturated rings. The first kappa shape index (κ1) is 12.2. The minimum Gasteiger partial charge on any atom is -0.385 e. The van der Waals surface area contributed by atoms with E-state index in [1.54, 1.807) is 18.0 Å². The predicted molar refractivity (Wildman–Crippen MR) is 58.6 cm³/mol. The molecule has 0 saturated carbocycles. The highest BCUT2D eigenvalue weighted by molar-refractivity contribution is 5.12. The van der Waals surface area contributed by atoms with Gasteiger partial charge in [0.15, 0.2) is 0 Å². The van der Waals surface area contributed by atoms with Gasteiger partial charge < -0.3 is 9.84 Å². The molecular formula is C11H20N2O2. The van der Waals surface area contributed by atoms with Gasteiger partial charge in [-0.15, -0.1) is 0 Å². The second kappa shape index (κ2) is 4.77. The first-order chi connectivity index (χ1) is 7.07. The summed E-state index contributed by atoms with van der Waals surface area (Å²) in [5, 5.41) is 14.3. The molecule has 0 spiro atoms. The van der Waals surface area contributed by atoms with Gasteiger partial charge in [0, 0.05) is 25.4 Å². The topological polar surface area (TPSA) is 47.3 Å². The second-order valence-corrected chi connectivity index (χ2v) is 3.90. The Morgan fingerprint density at radius 2 is 2.27 bits per heavy atom. The van der Waals surface area contributed by atoms with E-state index in [2.05, 4.69) is 5.10 Å². The van der Waals surface area contributed by atoms with Gasteiger partial charge in [-0.05, 0) is 20.3 Å². The zero-order valence-electron chi connectivity index (χ0n) is 9.90. The van der Waals surface area contributed by atoms with E-state index in [9.17, 15) is 5.11 Å². The average Bonchev–Trinajstić information content (AvgIpc) is 2.75. The van der Waals surface area contributed by atoms with Crippen LogP contribution in [0.5, 0.6) is 0 Å². The van der Waals surface area contributed by atoms with Crippen molar-refractivity contribution in [2.45, 2.75) is 45.4 Å². The Labute approximate surface area is 90.9 Å². The number of aromatic nitrogens is 2. The van der Waals surface area contributed by atoms with Crippen LogP contribution in [-0.2, 0) is 11.3 Å². The van der Waals surface area contributed by atoms with Gasteiger partial charge in [-0.25, -0.2) is 0 Å². The highest BCUT2D eigenvalue weighted by Crippen LogP contribution is 2.30. The molecule has 0 bridgehead atoms. The van der Waals surface area contributed by atoms with Crippen LogP contribution in [0, 0.1) is 0 Å². The molecule has 2 atom stereocenters. The number of nitrogens with zero attached hydrogens (tertiary/aromatic N) is 2. The van der Waals surface area contributed by atoms with Gasteiger partial charge in [0.05, 0.1) is 11.8 Å². The van der Waals surface area contributed by atoms with E-state index >= 15 is 0 Å². The molecule has 2 unspecified atom stereocenters. The second-order valence-electron chi connectivity index (χ2n) is 3.90. The van der Waals surface area contributed by atoms with E-state index in [1.807, 2.05) is 27.0 Å². The maximum Gasteiger partial charge on any atom is 0.111 e. The molecule has 1 rings (SSSR count). The van der Waals surface area contributed by atoms with E-state index in [0.717, 1.165) is 18.5 Å². The fraction of sp³-hybridized carbons (Fsp3) is 0.727. The SMILES string of the molecule is CCn1cc(C(O)C(C)(CC)OC)cn1. The van der Waals surface area contributed by atoms with Crippen molar-refractivity contribution in [2.24, 2.45) is 0 Å². The Balaban J connectivity index is 2.87. The summed E-state index contributed by atoms with van der Waals surface area (Å²) in [4.78, 5) is 0. The van der Waals surface area contributed by atoms with Crippen LogP contribution in [-0.4, -0.2) is 27.6 Å². The van der Waals surface area contributed by atoms with E-state index < -0.39 is 11.7 Å². The van der Waals surface area contributed by atoms with Crippen LogP contribution < -0.4 is 0 Å². The lowest BCUT2D eigenvalue weighted by molar-refractivity contribution is -0.0944. The summed E-state index contributed by atoms with van der Waals surface area (Å²) < 4.78 is 7.15. The maximum atomic E-state index is 10.2. The zero-order chi connectivity index (χ0) is 11.5. The van der Waals surface area contributed by atoms with Crippen LogP contribution in [0.4, 0.5) is 0 Å². The van der Waals surface area contributed by atoms with Crippen molar-refractivity contribution in [3.05, 3.63) is 18.0 Å². The molecule has 0 aliphatic heterocycles. The standard InChI is InChI=1S/C11H20N2O2/c1-5-11(3,15-4)10(14)9-7-12-13(6-2)8-9/h7-8,10,14H,5-6H2,1-4H3. The molecule has 15 heavy (non-hydrogen) atoms. The van der Waals surface area contributed by atoms with Crippen LogP contribution >= 0.6 is 0 Å². The van der Waals surface area contributed by atoms with Crippen molar-refractivity contribution in [3.8, 4) is 0 Å². The third-order valence-corrected chi connectivity index (χ3v) is 3.04. The molecule has 1 aromatic heterocycles. The Hall–Kier alpha value is -0.870. The first-order valence-electron chi connectivity index (χ1n) is 5.33. The third kappa shape index (κ3) is 2.38. The lowest BCUT2D eigenvalue weighted by Gasteiger charge is -2.31. The van der Waals surface area contributed by atoms with Crippen molar-refractivity contribution < 1.29 is 9.84 Å². The molecule has 0 radical (unpaired) electrons. The number of rotatable bonds is 5. The number of ether oxygens (including phenoxy) is 1. The molecule has 1 N–H and O–H groups in total. The quantitative estimate of drug-likeness (QED) is 0.809. The summed E-state index contributed by atoms with van der Waals surface area (Å²) in [5.41, 5.74) is 0.268. The Morgan fingerprint density at radius 3 is 2.67 bits per heavy atom. The van der Waals surface area contributed by atoms with E-state index in [-0.39, 0.29) is 0 Å². The van der Waals surface area contributed by atoms with Crippen molar-refractivity contribution >= 4 is 0 Å². The Bertz CT molecular complexity index is 305. The smallest absolute Gasteiger partial charge is 0.111 e. The average molecular weight is 212 g/mol. The van der Waals surface area contributed by atoms with Gasteiger partial charge in [-0.2, -0.15) is 5.10 Å². The normalized spacial score (nSPS) is 17.4. The molecule has 0 aromatic carbocycles. The number of hydrogen-bond donors (Lipinski definition) is 1. The predicted octanol–water partition coefficient (Wildman–Crippen LogP) is 1.75. The zero-order valence-corrected chi connectivity index (χ0v) is 9.90. The molecule has 0 aliphatic carbocycles. The van der Waals surface area contributed by atoms with E-state index in [4.69, 9.17) is 4.74 Å². The van der Waals surface area contributed by atoms with Crippen LogP contribution in [0.2, 0.25) is 0 Å². The number of aliphatic hydroxyl groups is 1. The fourth-order valence-corrected chi connectivity index (χ4v) is 1.50. The molecule has 4 nitrogen and oxygen atoms in total. The third-order valence-electron chi connectivity index (χ3n) is 3.04. The number of methoxy groups -OCH3 is 1. The first-order valence-corrected chi connectivity index (χ1v) is 5.33. The summed E-state index contributed by atoms with van der Waals surface area (Å²) in [6.45, 7) is 6.72. The largest absolute Gasteiger partial charge is 0.385 e. The molecular weight excluding hydrogens is 192 g/mol. The van der Waals surface area contributed by atoms with Crippen molar-refractivity contribution in [2.75, 3.05) is 7.11 Å². The van der Waals surface area contributed by atoms with Gasteiger partial charge in [0.25, 0.3) is 0 Å². The molecule has 0 saturated heterocycles. The molecule has 0 amide bonds. The lowest BCUT2D eigenvalue weighted by atomic mass is 9.92. The minimum atomic E-state index is -0.632. The van der Waals surface area contributed by atoms with Crippen molar-refractivity contribution in [1.29, 1.82) is 0 Å². The van der Waals surface area contributed by atoms with Crippen LogP contribution in [0.15, 0.2) is 12.4 Å². The van der Waals surface area contributed by atoms with Crippen LogP contribution in [0.25, 0.3) is 0 Å². The van der Waals surface area contributed by atoms with Gasteiger partial charge >= 0.3 is 0 Å². The lowest BCUT2D eigenvalue weighted by Crippen LogP contribution is -2.34. The van der Waals surface area contributed by atoms with Gasteiger partial charge in [-0.3, -0.25) is 4.68 Å². The maximum absolute atomic E-state index is 10.2. The van der Waals surface area contributed by atoms with Gasteiger partial charge in [0.1, 0.15) is 6.10 Å². The summed E-state index contributed by atoms with van der Waals surface area (Å²) in [6.07, 6.45) is 3.67. The van der Waals surface area contributed by atoms with Crippen molar-refractivity contribution in [1.82, 2.24) is 9.78 Å². The molecule has 1 heterocycles. The summed E-state index contributed by atoms with van der Waals surface area (Å²) in [6, 6.07) is 0. The van der Waals surface area contributed by atoms with E-state index in [1.165, 1.54) is 0 Å². The number of aliphatic hydroxyl groups excluding tert-OH is 1. The van der Waals surface area contributed by atoms with Crippen LogP contribution in [0.1, 0.15) is 38.9 Å². The summed E-state index contributed by atoms with van der Waals surface area (Å²) >= 11 is 0. The van der Waals surface area contributed by atoms with E-state index in [0.29, 0.717) is 0 Å². The molecule has 0 aliphatic rings. The molecule has 86 valence electrons. The van der Waals surface area contributed by atoms with Crippen molar-refractivity contribution in [3.63, 3.8) is 0 Å². The van der Waals surface area contributed by atoms with Gasteiger partial charge in [-0.1, -0.05) is 6.92 Å². The summed E-state index contributed by atoms with van der Waals surface area (Å²) in [7, 11) is 1.62. The highest BCUT2D eigenvalue weighted by Gasteiger charge is 2.32. The fourth-order valence-electron chi connectivity index (χ4n) is 1.50. The Morgan fingerprint density at radius 1 is 1.60 bits per heavy atom. The summed E-state index contributed by atoms with van der Waals surface area (Å²) in [5.74, 6) is 0.